The summed E-state index contributed by atoms with van der Waals surface area (Å²) in [4.78, 5) is 6.08. The number of aromatic nitrogens is 5. The second kappa shape index (κ2) is 9.05. The number of nitrogens with one attached hydrogen (secondary N) is 1. The van der Waals surface area contributed by atoms with Gasteiger partial charge in [0.05, 0.1) is 0 Å². The quantitative estimate of drug-likeness (QED) is 0.427. The van der Waals surface area contributed by atoms with Crippen molar-refractivity contribution < 1.29 is 31.1 Å². The van der Waals surface area contributed by atoms with E-state index >= 15 is 0 Å². The van der Waals surface area contributed by atoms with E-state index in [1.54, 1.807) is 13.0 Å². The Morgan fingerprint density at radius 2 is 1.86 bits per heavy atom. The van der Waals surface area contributed by atoms with Gasteiger partial charge in [-0.15, -0.1) is 10.2 Å². The lowest BCUT2D eigenvalue weighted by molar-refractivity contribution is -0.287. The minimum absolute atomic E-state index is 0.103. The molecular weight excluding hydrogens is 513 g/mol. The van der Waals surface area contributed by atoms with E-state index in [0.29, 0.717) is 29.7 Å². The van der Waals surface area contributed by atoms with E-state index in [2.05, 4.69) is 25.6 Å². The molecule has 1 saturated carbocycles. The Bertz CT molecular complexity index is 1220. The summed E-state index contributed by atoms with van der Waals surface area (Å²) in [7, 11) is 0. The zero-order chi connectivity index (χ0) is 25.7. The molecule has 2 aromatic heterocycles. The number of nitrogens with zero attached hydrogens (tertiary/aromatic N) is 6. The third-order valence-electron chi connectivity index (χ3n) is 6.32. The number of alkyl halides is 5. The molecule has 9 nitrogen and oxygen atoms in total. The van der Waals surface area contributed by atoms with Crippen LogP contribution in [0.25, 0.3) is 0 Å². The van der Waals surface area contributed by atoms with Crippen molar-refractivity contribution in [3.8, 4) is 11.8 Å². The smallest absolute Gasteiger partial charge is 0.424 e. The first kappa shape index (κ1) is 24.5. The molecule has 0 radical (unpaired) electrons. The lowest BCUT2D eigenvalue weighted by atomic mass is 9.92. The van der Waals surface area contributed by atoms with E-state index in [1.165, 1.54) is 18.2 Å². The van der Waals surface area contributed by atoms with Gasteiger partial charge in [0.25, 0.3) is 0 Å². The molecule has 1 aliphatic heterocycles. The first-order valence-electron chi connectivity index (χ1n) is 11.1. The van der Waals surface area contributed by atoms with Gasteiger partial charge in [-0.3, -0.25) is 0 Å². The number of hydrogen-bond acceptors (Lipinski definition) is 8. The number of piperidine rings is 1. The van der Waals surface area contributed by atoms with Gasteiger partial charge < -0.3 is 19.4 Å². The van der Waals surface area contributed by atoms with Crippen molar-refractivity contribution in [1.82, 2.24) is 25.0 Å². The fourth-order valence-electron chi connectivity index (χ4n) is 4.66. The maximum atomic E-state index is 13.9. The maximum Gasteiger partial charge on any atom is 0.455 e. The van der Waals surface area contributed by atoms with E-state index in [4.69, 9.17) is 20.8 Å². The third-order valence-corrected chi connectivity index (χ3v) is 6.56. The average molecular weight is 534 g/mol. The molecule has 36 heavy (non-hydrogen) atoms. The van der Waals surface area contributed by atoms with Crippen LogP contribution in [0.1, 0.15) is 18.7 Å². The topological polar surface area (TPSA) is 94.1 Å². The molecule has 1 aliphatic carbocycles. The molecule has 3 heterocycles. The molecule has 2 aliphatic rings. The lowest BCUT2D eigenvalue weighted by Gasteiger charge is -2.37. The fraction of sp³-hybridized carbons (Fsp3) is 0.524. The number of anilines is 2. The van der Waals surface area contributed by atoms with Crippen molar-refractivity contribution in [2.24, 2.45) is 11.8 Å². The highest BCUT2D eigenvalue weighted by atomic mass is 35.5. The first-order valence-corrected chi connectivity index (χ1v) is 11.5. The predicted octanol–water partition coefficient (Wildman–Crippen LogP) is 4.94. The molecule has 0 amide bonds. The number of ether oxygens (including phenoxy) is 1. The summed E-state index contributed by atoms with van der Waals surface area (Å²) in [6.45, 7) is 1.12. The Morgan fingerprint density at radius 1 is 1.14 bits per heavy atom. The van der Waals surface area contributed by atoms with Crippen LogP contribution < -0.4 is 15.0 Å². The van der Waals surface area contributed by atoms with Crippen LogP contribution in [0.4, 0.5) is 33.9 Å². The van der Waals surface area contributed by atoms with Crippen molar-refractivity contribution in [2.75, 3.05) is 23.3 Å². The molecule has 1 N–H and O–H groups in total. The highest BCUT2D eigenvalue weighted by Crippen LogP contribution is 2.41. The molecule has 3 atom stereocenters. The van der Waals surface area contributed by atoms with E-state index < -0.39 is 24.7 Å². The summed E-state index contributed by atoms with van der Waals surface area (Å²) in [6.07, 6.45) is -4.01. The van der Waals surface area contributed by atoms with Gasteiger partial charge >= 0.3 is 24.1 Å². The average Bonchev–Trinajstić information content (AvgIpc) is 3.43. The largest absolute Gasteiger partial charge is 0.455 e. The Hall–Kier alpha value is -3.16. The number of aryl methyl sites for hydroxylation is 1. The number of hydrogen-bond donors (Lipinski definition) is 1. The number of rotatable bonds is 7. The second-order valence-electron chi connectivity index (χ2n) is 8.91. The van der Waals surface area contributed by atoms with Gasteiger partial charge in [-0.1, -0.05) is 22.8 Å². The molecule has 1 saturated heterocycles. The van der Waals surface area contributed by atoms with Gasteiger partial charge in [0.2, 0.25) is 11.8 Å². The van der Waals surface area contributed by atoms with Crippen molar-refractivity contribution in [1.29, 1.82) is 0 Å². The van der Waals surface area contributed by atoms with Crippen LogP contribution in [0, 0.1) is 18.8 Å². The minimum atomic E-state index is -5.76. The molecule has 3 aromatic rings. The van der Waals surface area contributed by atoms with Gasteiger partial charge in [-0.2, -0.15) is 26.9 Å². The summed E-state index contributed by atoms with van der Waals surface area (Å²) < 4.78 is 77.8. The monoisotopic (exact) mass is 533 g/mol. The zero-order valence-corrected chi connectivity index (χ0v) is 19.6. The first-order chi connectivity index (χ1) is 17.0. The van der Waals surface area contributed by atoms with Crippen LogP contribution in [-0.2, 0) is 6.54 Å². The standard InChI is InChI=1S/C21H21ClF5N7O2/c1-11-30-31-19(35-11)33-8-12-5-6-13(9-33)16(12)28-17-29-18(36-15-4-2-3-14(22)7-15)34(32-17)10-20(23,24)21(25,26)27/h2-4,7,12-13,16H,5-6,8-10H2,1H3,(H,28,32)/t12-,13+,16+. The summed E-state index contributed by atoms with van der Waals surface area (Å²) >= 11 is 5.92. The van der Waals surface area contributed by atoms with Crippen LogP contribution in [0.2, 0.25) is 5.02 Å². The highest BCUT2D eigenvalue weighted by molar-refractivity contribution is 6.30. The maximum absolute atomic E-state index is 13.9. The number of benzene rings is 1. The summed E-state index contributed by atoms with van der Waals surface area (Å²) in [5.41, 5.74) is 0. The second-order valence-corrected chi connectivity index (χ2v) is 9.35. The zero-order valence-electron chi connectivity index (χ0n) is 18.8. The Labute approximate surface area is 206 Å². The third kappa shape index (κ3) is 4.90. The van der Waals surface area contributed by atoms with Crippen molar-refractivity contribution in [2.45, 2.75) is 44.5 Å². The molecule has 15 heteroatoms. The van der Waals surface area contributed by atoms with Crippen molar-refractivity contribution >= 4 is 23.6 Å². The highest BCUT2D eigenvalue weighted by Gasteiger charge is 2.58. The molecular formula is C21H21ClF5N7O2. The summed E-state index contributed by atoms with van der Waals surface area (Å²) in [5.74, 6) is -4.34. The van der Waals surface area contributed by atoms with Gasteiger partial charge in [-0.25, -0.2) is 4.68 Å². The number of halogens is 6. The minimum Gasteiger partial charge on any atom is -0.424 e. The van der Waals surface area contributed by atoms with Crippen molar-refractivity contribution in [3.63, 3.8) is 0 Å². The Balaban J connectivity index is 1.37. The molecule has 194 valence electrons. The van der Waals surface area contributed by atoms with Crippen LogP contribution in [0.5, 0.6) is 11.8 Å². The van der Waals surface area contributed by atoms with Crippen LogP contribution in [0.3, 0.4) is 0 Å². The van der Waals surface area contributed by atoms with Crippen molar-refractivity contribution in [3.05, 3.63) is 35.2 Å². The van der Waals surface area contributed by atoms with Gasteiger partial charge in [0.1, 0.15) is 12.3 Å². The molecule has 2 fully saturated rings. The Kier molecular flexibility index (Phi) is 6.17. The normalized spacial score (nSPS) is 22.2. The molecule has 0 spiro atoms. The Morgan fingerprint density at radius 3 is 2.47 bits per heavy atom. The van der Waals surface area contributed by atoms with E-state index in [9.17, 15) is 22.0 Å². The lowest BCUT2D eigenvalue weighted by Crippen LogP contribution is -2.48. The van der Waals surface area contributed by atoms with E-state index in [-0.39, 0.29) is 34.6 Å². The van der Waals surface area contributed by atoms with Gasteiger partial charge in [0, 0.05) is 31.1 Å². The SMILES string of the molecule is Cc1nnc(N2C[C@H]3CC[C@@H](C2)[C@H]3Nc2nc(Oc3cccc(Cl)c3)n(CC(F)(F)C(F)(F)F)n2)o1. The predicted molar refractivity (Wildman–Crippen MR) is 117 cm³/mol. The fourth-order valence-corrected chi connectivity index (χ4v) is 4.84. The molecule has 2 bridgehead atoms. The summed E-state index contributed by atoms with van der Waals surface area (Å²) in [5, 5.41) is 15.2. The molecule has 0 unspecified atom stereocenters. The van der Waals surface area contributed by atoms with Gasteiger partial charge in [-0.05, 0) is 42.9 Å². The van der Waals surface area contributed by atoms with Crippen LogP contribution in [0.15, 0.2) is 28.7 Å². The molecule has 1 aromatic carbocycles. The van der Waals surface area contributed by atoms with E-state index in [1.807, 2.05) is 4.90 Å². The van der Waals surface area contributed by atoms with E-state index in [0.717, 1.165) is 12.8 Å². The van der Waals surface area contributed by atoms with Crippen LogP contribution >= 0.6 is 11.6 Å². The number of fused-ring (bicyclic) bond motifs is 2. The summed E-state index contributed by atoms with van der Waals surface area (Å²) in [6, 6.07) is 5.73. The van der Waals surface area contributed by atoms with Gasteiger partial charge in [0.15, 0.2) is 0 Å². The van der Waals surface area contributed by atoms with Crippen LogP contribution in [-0.4, -0.2) is 56.2 Å². The molecule has 5 rings (SSSR count).